The van der Waals surface area contributed by atoms with Crippen LogP contribution in [0.4, 0.5) is 11.4 Å². The number of hydrazone groups is 1. The van der Waals surface area contributed by atoms with Gasteiger partial charge in [-0.25, -0.2) is 5.43 Å². The van der Waals surface area contributed by atoms with Crippen LogP contribution in [0.1, 0.15) is 15.9 Å². The predicted octanol–water partition coefficient (Wildman–Crippen LogP) is 2.92. The summed E-state index contributed by atoms with van der Waals surface area (Å²) in [4.78, 5) is 32.2. The fourth-order valence-corrected chi connectivity index (χ4v) is 1.96. The Morgan fingerprint density at radius 1 is 1.12 bits per heavy atom. The number of hydrogen-bond acceptors (Lipinski definition) is 6. The number of carbonyl (C=O) groups excluding carboxylic acids is 1. The zero-order valence-corrected chi connectivity index (χ0v) is 12.6. The van der Waals surface area contributed by atoms with E-state index < -0.39 is 15.8 Å². The van der Waals surface area contributed by atoms with E-state index in [1.54, 1.807) is 0 Å². The number of rotatable bonds is 5. The van der Waals surface area contributed by atoms with E-state index >= 15 is 0 Å². The van der Waals surface area contributed by atoms with Gasteiger partial charge in [0.1, 0.15) is 0 Å². The Labute approximate surface area is 139 Å². The van der Waals surface area contributed by atoms with Crippen LogP contribution in [0.25, 0.3) is 0 Å². The van der Waals surface area contributed by atoms with Gasteiger partial charge in [-0.05, 0) is 18.2 Å². The standard InChI is InChI=1S/C14H9ClN4O5/c15-11-4-5-13(19(23)24)10(6-11)8-16-17-14(20)9-2-1-3-12(7-9)18(21)22/h1-8H,(H,17,20)/b16-8-. The maximum absolute atomic E-state index is 11.9. The van der Waals surface area contributed by atoms with Crippen molar-refractivity contribution in [3.05, 3.63) is 78.8 Å². The molecule has 0 heterocycles. The highest BCUT2D eigenvalue weighted by molar-refractivity contribution is 6.31. The molecule has 1 amide bonds. The Hall–Kier alpha value is -3.33. The number of non-ortho nitro benzene ring substituents is 1. The van der Waals surface area contributed by atoms with Crippen molar-refractivity contribution in [2.45, 2.75) is 0 Å². The third-order valence-corrected chi connectivity index (χ3v) is 3.11. The van der Waals surface area contributed by atoms with Crippen LogP contribution in [-0.4, -0.2) is 22.0 Å². The van der Waals surface area contributed by atoms with Crippen LogP contribution < -0.4 is 5.43 Å². The molecule has 0 spiro atoms. The third-order valence-electron chi connectivity index (χ3n) is 2.88. The fraction of sp³-hybridized carbons (Fsp3) is 0. The lowest BCUT2D eigenvalue weighted by molar-refractivity contribution is -0.385. The van der Waals surface area contributed by atoms with Gasteiger partial charge in [-0.15, -0.1) is 0 Å². The summed E-state index contributed by atoms with van der Waals surface area (Å²) in [6, 6.07) is 8.97. The highest BCUT2D eigenvalue weighted by atomic mass is 35.5. The summed E-state index contributed by atoms with van der Waals surface area (Å²) < 4.78 is 0. The number of benzene rings is 2. The molecule has 0 aliphatic heterocycles. The molecule has 1 N–H and O–H groups in total. The zero-order chi connectivity index (χ0) is 17.7. The van der Waals surface area contributed by atoms with Gasteiger partial charge in [-0.1, -0.05) is 17.7 Å². The lowest BCUT2D eigenvalue weighted by Gasteiger charge is -2.00. The minimum atomic E-state index is -0.695. The topological polar surface area (TPSA) is 128 Å². The van der Waals surface area contributed by atoms with Crippen molar-refractivity contribution >= 4 is 35.1 Å². The highest BCUT2D eigenvalue weighted by Gasteiger charge is 2.13. The molecule has 24 heavy (non-hydrogen) atoms. The molecular formula is C14H9ClN4O5. The number of carbonyl (C=O) groups is 1. The van der Waals surface area contributed by atoms with Gasteiger partial charge in [-0.3, -0.25) is 25.0 Å². The van der Waals surface area contributed by atoms with Crippen molar-refractivity contribution in [1.29, 1.82) is 0 Å². The van der Waals surface area contributed by atoms with Crippen LogP contribution in [0.5, 0.6) is 0 Å². The average Bonchev–Trinajstić information content (AvgIpc) is 2.54. The number of nitro groups is 2. The molecule has 9 nitrogen and oxygen atoms in total. The third kappa shape index (κ3) is 4.11. The first kappa shape index (κ1) is 17.0. The molecule has 0 bridgehead atoms. The van der Waals surface area contributed by atoms with Gasteiger partial charge in [0, 0.05) is 28.8 Å². The second-order valence-electron chi connectivity index (χ2n) is 4.47. The van der Waals surface area contributed by atoms with Crippen molar-refractivity contribution in [2.24, 2.45) is 5.10 Å². The Balaban J connectivity index is 2.16. The zero-order valence-electron chi connectivity index (χ0n) is 11.9. The molecule has 10 heteroatoms. The predicted molar refractivity (Wildman–Crippen MR) is 86.3 cm³/mol. The number of hydrogen-bond donors (Lipinski definition) is 1. The molecule has 0 saturated carbocycles. The Morgan fingerprint density at radius 3 is 2.54 bits per heavy atom. The van der Waals surface area contributed by atoms with Gasteiger partial charge in [0.05, 0.1) is 21.6 Å². The molecule has 0 aromatic heterocycles. The van der Waals surface area contributed by atoms with Gasteiger partial charge in [0.25, 0.3) is 17.3 Å². The summed E-state index contributed by atoms with van der Waals surface area (Å²) in [6.07, 6.45) is 1.07. The summed E-state index contributed by atoms with van der Waals surface area (Å²) in [5.41, 5.74) is 1.81. The molecule has 2 aromatic carbocycles. The first-order valence-corrected chi connectivity index (χ1v) is 6.78. The molecular weight excluding hydrogens is 340 g/mol. The van der Waals surface area contributed by atoms with Gasteiger partial charge < -0.3 is 0 Å². The van der Waals surface area contributed by atoms with E-state index in [1.165, 1.54) is 36.4 Å². The van der Waals surface area contributed by atoms with Gasteiger partial charge in [-0.2, -0.15) is 5.10 Å². The van der Waals surface area contributed by atoms with E-state index in [4.69, 9.17) is 11.6 Å². The monoisotopic (exact) mass is 348 g/mol. The minimum absolute atomic E-state index is 0.0296. The van der Waals surface area contributed by atoms with E-state index in [1.807, 2.05) is 0 Å². The van der Waals surface area contributed by atoms with E-state index in [0.29, 0.717) is 0 Å². The van der Waals surface area contributed by atoms with Crippen molar-refractivity contribution in [2.75, 3.05) is 0 Å². The molecule has 2 rings (SSSR count). The quantitative estimate of drug-likeness (QED) is 0.504. The molecule has 0 unspecified atom stereocenters. The van der Waals surface area contributed by atoms with Gasteiger partial charge in [0.2, 0.25) is 0 Å². The molecule has 0 atom stereocenters. The van der Waals surface area contributed by atoms with Gasteiger partial charge >= 0.3 is 0 Å². The maximum atomic E-state index is 11.9. The fourth-order valence-electron chi connectivity index (χ4n) is 1.78. The minimum Gasteiger partial charge on any atom is -0.267 e. The first-order valence-electron chi connectivity index (χ1n) is 6.40. The summed E-state index contributed by atoms with van der Waals surface area (Å²) in [5, 5.41) is 25.5. The van der Waals surface area contributed by atoms with Crippen molar-refractivity contribution in [3.63, 3.8) is 0 Å². The Morgan fingerprint density at radius 2 is 1.88 bits per heavy atom. The molecule has 0 saturated heterocycles. The van der Waals surface area contributed by atoms with Crippen LogP contribution in [0.3, 0.4) is 0 Å². The van der Waals surface area contributed by atoms with Crippen LogP contribution in [0, 0.1) is 20.2 Å². The van der Waals surface area contributed by atoms with Crippen molar-refractivity contribution in [1.82, 2.24) is 5.43 Å². The molecule has 0 radical (unpaired) electrons. The van der Waals surface area contributed by atoms with E-state index in [-0.39, 0.29) is 27.5 Å². The van der Waals surface area contributed by atoms with E-state index in [9.17, 15) is 25.0 Å². The lowest BCUT2D eigenvalue weighted by Crippen LogP contribution is -2.17. The first-order chi connectivity index (χ1) is 11.4. The molecule has 0 fully saturated rings. The summed E-state index contributed by atoms with van der Waals surface area (Å²) in [5.74, 6) is -0.695. The summed E-state index contributed by atoms with van der Waals surface area (Å²) >= 11 is 5.77. The smallest absolute Gasteiger partial charge is 0.267 e. The van der Waals surface area contributed by atoms with Crippen LogP contribution in [-0.2, 0) is 0 Å². The van der Waals surface area contributed by atoms with Gasteiger partial charge in [0.15, 0.2) is 0 Å². The Bertz CT molecular complexity index is 853. The van der Waals surface area contributed by atoms with Crippen molar-refractivity contribution in [3.8, 4) is 0 Å². The largest absolute Gasteiger partial charge is 0.278 e. The van der Waals surface area contributed by atoms with Crippen molar-refractivity contribution < 1.29 is 14.6 Å². The normalized spacial score (nSPS) is 10.5. The lowest BCUT2D eigenvalue weighted by atomic mass is 10.2. The summed E-state index contributed by atoms with van der Waals surface area (Å²) in [7, 11) is 0. The summed E-state index contributed by atoms with van der Waals surface area (Å²) in [6.45, 7) is 0. The van der Waals surface area contributed by atoms with E-state index in [2.05, 4.69) is 10.5 Å². The molecule has 2 aromatic rings. The second kappa shape index (κ2) is 7.29. The number of nitro benzene ring substituents is 2. The average molecular weight is 349 g/mol. The SMILES string of the molecule is O=C(N/N=C\c1cc(Cl)ccc1[N+](=O)[O-])c1cccc([N+](=O)[O-])c1. The molecule has 122 valence electrons. The second-order valence-corrected chi connectivity index (χ2v) is 4.90. The number of nitrogens with one attached hydrogen (secondary N) is 1. The maximum Gasteiger partial charge on any atom is 0.278 e. The number of nitrogens with zero attached hydrogens (tertiary/aromatic N) is 3. The molecule has 0 aliphatic carbocycles. The number of amides is 1. The van der Waals surface area contributed by atoms with Crippen LogP contribution in [0.15, 0.2) is 47.6 Å². The van der Waals surface area contributed by atoms with Crippen LogP contribution in [0.2, 0.25) is 5.02 Å². The highest BCUT2D eigenvalue weighted by Crippen LogP contribution is 2.21. The van der Waals surface area contributed by atoms with E-state index in [0.717, 1.165) is 12.3 Å². The molecule has 0 aliphatic rings. The Kier molecular flexibility index (Phi) is 5.17. The number of halogens is 1. The van der Waals surface area contributed by atoms with Crippen LogP contribution >= 0.6 is 11.6 Å².